The zero-order chi connectivity index (χ0) is 16.1. The van der Waals surface area contributed by atoms with Crippen LogP contribution in [-0.4, -0.2) is 47.6 Å². The average Bonchev–Trinajstić information content (AvgIpc) is 2.43. The minimum Gasteiger partial charge on any atom is -0.480 e. The smallest absolute Gasteiger partial charge is 0.320 e. The van der Waals surface area contributed by atoms with E-state index in [0.717, 1.165) is 51.6 Å². The Morgan fingerprint density at radius 1 is 1.10 bits per heavy atom. The first-order valence-electron chi connectivity index (χ1n) is 8.05. The predicted octanol–water partition coefficient (Wildman–Crippen LogP) is 1.79. The van der Waals surface area contributed by atoms with Crippen molar-refractivity contribution in [1.29, 1.82) is 0 Å². The fourth-order valence-electron chi connectivity index (χ4n) is 2.27. The van der Waals surface area contributed by atoms with Gasteiger partial charge >= 0.3 is 5.97 Å². The molecule has 0 fully saturated rings. The van der Waals surface area contributed by atoms with Crippen LogP contribution in [-0.2, 0) is 4.79 Å². The molecule has 1 atom stereocenters. The molecule has 6 nitrogen and oxygen atoms in total. The van der Waals surface area contributed by atoms with Gasteiger partial charge in [-0.15, -0.1) is 0 Å². The topological polar surface area (TPSA) is 105 Å². The Morgan fingerprint density at radius 2 is 1.67 bits per heavy atom. The normalized spacial score (nSPS) is 12.3. The van der Waals surface area contributed by atoms with E-state index in [2.05, 4.69) is 23.7 Å². The van der Waals surface area contributed by atoms with Crippen LogP contribution in [0, 0.1) is 0 Å². The van der Waals surface area contributed by atoms with Crippen LogP contribution in [0.2, 0.25) is 0 Å². The van der Waals surface area contributed by atoms with Gasteiger partial charge in [-0.1, -0.05) is 26.7 Å². The number of rotatable bonds is 13. The third-order valence-electron chi connectivity index (χ3n) is 3.50. The van der Waals surface area contributed by atoms with Crippen molar-refractivity contribution >= 4 is 11.9 Å². The van der Waals surface area contributed by atoms with Crippen LogP contribution in [0.4, 0.5) is 0 Å². The van der Waals surface area contributed by atoms with Crippen molar-refractivity contribution in [3.8, 4) is 0 Å². The van der Waals surface area contributed by atoms with E-state index in [1.54, 1.807) is 0 Å². The minimum atomic E-state index is -0.718. The van der Waals surface area contributed by atoms with Gasteiger partial charge in [-0.25, -0.2) is 0 Å². The molecule has 21 heavy (non-hydrogen) atoms. The predicted molar refractivity (Wildman–Crippen MR) is 87.3 cm³/mol. The van der Waals surface area contributed by atoms with Crippen molar-refractivity contribution < 1.29 is 9.90 Å². The van der Waals surface area contributed by atoms with E-state index in [0.29, 0.717) is 13.0 Å². The highest BCUT2D eigenvalue weighted by molar-refractivity contribution is 5.75. The lowest BCUT2D eigenvalue weighted by atomic mass is 10.1. The summed E-state index contributed by atoms with van der Waals surface area (Å²) >= 11 is 0. The largest absolute Gasteiger partial charge is 0.480 e. The lowest BCUT2D eigenvalue weighted by Gasteiger charge is -2.28. The molecule has 0 aliphatic heterocycles. The first-order chi connectivity index (χ1) is 10.0. The number of hydrogen-bond donors (Lipinski definition) is 3. The van der Waals surface area contributed by atoms with Gasteiger partial charge in [0.25, 0.3) is 0 Å². The number of unbranched alkanes of at least 4 members (excludes halogenated alkanes) is 3. The van der Waals surface area contributed by atoms with Crippen LogP contribution in [0.25, 0.3) is 0 Å². The Hall–Kier alpha value is -1.30. The number of carboxylic acids is 1. The standard InChI is InChI=1S/C15H32N4O2/c1-3-5-11-19(12-6-4-2)13(14(20)21)9-7-8-10-18-15(16)17/h13H,3-12H2,1-2H3,(H,20,21)(H4,16,17,18)/t13-/m1/s1. The molecule has 0 rings (SSSR count). The number of hydrogen-bond acceptors (Lipinski definition) is 3. The highest BCUT2D eigenvalue weighted by Crippen LogP contribution is 2.12. The molecule has 0 saturated carbocycles. The SMILES string of the molecule is CCCCN(CCCC)[C@H](CCCCN=C(N)N)C(=O)O. The van der Waals surface area contributed by atoms with Gasteiger partial charge in [-0.2, -0.15) is 0 Å². The molecule has 0 aromatic rings. The second-order valence-corrected chi connectivity index (χ2v) is 5.40. The molecule has 0 saturated heterocycles. The number of guanidine groups is 1. The zero-order valence-corrected chi connectivity index (χ0v) is 13.6. The van der Waals surface area contributed by atoms with Crippen molar-refractivity contribution in [2.45, 2.75) is 64.8 Å². The number of aliphatic carboxylic acids is 1. The first kappa shape index (κ1) is 19.7. The van der Waals surface area contributed by atoms with E-state index in [1.807, 2.05) is 0 Å². The minimum absolute atomic E-state index is 0.0947. The van der Waals surface area contributed by atoms with E-state index in [1.165, 1.54) is 0 Å². The van der Waals surface area contributed by atoms with E-state index in [-0.39, 0.29) is 12.0 Å². The van der Waals surface area contributed by atoms with Crippen LogP contribution >= 0.6 is 0 Å². The van der Waals surface area contributed by atoms with Crippen LogP contribution < -0.4 is 11.5 Å². The lowest BCUT2D eigenvalue weighted by Crippen LogP contribution is -2.42. The van der Waals surface area contributed by atoms with Crippen LogP contribution in [0.3, 0.4) is 0 Å². The molecular formula is C15H32N4O2. The maximum absolute atomic E-state index is 11.5. The monoisotopic (exact) mass is 300 g/mol. The Balaban J connectivity index is 4.36. The summed E-state index contributed by atoms with van der Waals surface area (Å²) in [5.74, 6) is -0.624. The summed E-state index contributed by atoms with van der Waals surface area (Å²) in [7, 11) is 0. The quantitative estimate of drug-likeness (QED) is 0.273. The number of nitrogens with two attached hydrogens (primary N) is 2. The lowest BCUT2D eigenvalue weighted by molar-refractivity contribution is -0.143. The zero-order valence-electron chi connectivity index (χ0n) is 13.6. The molecule has 0 amide bonds. The van der Waals surface area contributed by atoms with Crippen molar-refractivity contribution in [3.63, 3.8) is 0 Å². The molecular weight excluding hydrogens is 268 g/mol. The van der Waals surface area contributed by atoms with E-state index < -0.39 is 5.97 Å². The molecule has 5 N–H and O–H groups in total. The molecule has 6 heteroatoms. The Labute approximate surface area is 128 Å². The Kier molecular flexibility index (Phi) is 11.7. The molecule has 0 spiro atoms. The number of aliphatic imine (C=N–C) groups is 1. The van der Waals surface area contributed by atoms with Crippen molar-refractivity contribution in [2.75, 3.05) is 19.6 Å². The van der Waals surface area contributed by atoms with Gasteiger partial charge in [0.2, 0.25) is 0 Å². The summed E-state index contributed by atoms with van der Waals surface area (Å²) in [4.78, 5) is 17.6. The molecule has 0 aromatic heterocycles. The van der Waals surface area contributed by atoms with Crippen LogP contribution in [0.5, 0.6) is 0 Å². The fraction of sp³-hybridized carbons (Fsp3) is 0.867. The van der Waals surface area contributed by atoms with E-state index >= 15 is 0 Å². The third kappa shape index (κ3) is 10.1. The van der Waals surface area contributed by atoms with Gasteiger partial charge < -0.3 is 16.6 Å². The van der Waals surface area contributed by atoms with Gasteiger partial charge in [-0.3, -0.25) is 14.7 Å². The summed E-state index contributed by atoms with van der Waals surface area (Å²) in [5.41, 5.74) is 10.5. The average molecular weight is 300 g/mol. The number of nitrogens with zero attached hydrogens (tertiary/aromatic N) is 2. The van der Waals surface area contributed by atoms with Gasteiger partial charge in [0.1, 0.15) is 6.04 Å². The van der Waals surface area contributed by atoms with Crippen molar-refractivity contribution in [3.05, 3.63) is 0 Å². The third-order valence-corrected chi connectivity index (χ3v) is 3.50. The summed E-state index contributed by atoms with van der Waals surface area (Å²) in [6, 6.07) is -0.387. The number of carbonyl (C=O) groups is 1. The fourth-order valence-corrected chi connectivity index (χ4v) is 2.27. The molecule has 0 aliphatic rings. The second-order valence-electron chi connectivity index (χ2n) is 5.40. The molecule has 0 heterocycles. The molecule has 0 aliphatic carbocycles. The van der Waals surface area contributed by atoms with Gasteiger partial charge in [0.15, 0.2) is 5.96 Å². The molecule has 0 unspecified atom stereocenters. The summed E-state index contributed by atoms with van der Waals surface area (Å²) < 4.78 is 0. The van der Waals surface area contributed by atoms with Crippen molar-refractivity contribution in [1.82, 2.24) is 4.90 Å². The first-order valence-corrected chi connectivity index (χ1v) is 8.05. The molecule has 0 aromatic carbocycles. The maximum atomic E-state index is 11.5. The molecule has 0 bridgehead atoms. The summed E-state index contributed by atoms with van der Waals surface area (Å²) in [6.45, 7) is 6.55. The van der Waals surface area contributed by atoms with E-state index in [4.69, 9.17) is 11.5 Å². The summed E-state index contributed by atoms with van der Waals surface area (Å²) in [5, 5.41) is 9.48. The van der Waals surface area contributed by atoms with Crippen LogP contribution in [0.15, 0.2) is 4.99 Å². The van der Waals surface area contributed by atoms with Crippen LogP contribution in [0.1, 0.15) is 58.8 Å². The highest BCUT2D eigenvalue weighted by atomic mass is 16.4. The summed E-state index contributed by atoms with van der Waals surface area (Å²) in [6.07, 6.45) is 6.55. The maximum Gasteiger partial charge on any atom is 0.320 e. The van der Waals surface area contributed by atoms with Gasteiger partial charge in [0.05, 0.1) is 0 Å². The van der Waals surface area contributed by atoms with E-state index in [9.17, 15) is 9.90 Å². The molecule has 0 radical (unpaired) electrons. The number of carboxylic acid groups (broad SMARTS) is 1. The Morgan fingerprint density at radius 3 is 2.10 bits per heavy atom. The van der Waals surface area contributed by atoms with Gasteiger partial charge in [-0.05, 0) is 45.2 Å². The Bertz CT molecular complexity index is 296. The highest BCUT2D eigenvalue weighted by Gasteiger charge is 2.24. The molecule has 124 valence electrons. The van der Waals surface area contributed by atoms with Crippen molar-refractivity contribution in [2.24, 2.45) is 16.5 Å². The second kappa shape index (κ2) is 12.4. The van der Waals surface area contributed by atoms with Gasteiger partial charge in [0, 0.05) is 6.54 Å².